The first-order valence-electron chi connectivity index (χ1n) is 8.04. The number of carbonyl (C=O) groups excluding carboxylic acids is 2. The second kappa shape index (κ2) is 7.66. The first-order chi connectivity index (χ1) is 11.3. The second-order valence-corrected chi connectivity index (χ2v) is 7.14. The predicted molar refractivity (Wildman–Crippen MR) is 88.4 cm³/mol. The molecule has 1 aliphatic carbocycles. The Bertz CT molecular complexity index is 546. The van der Waals surface area contributed by atoms with Crippen LogP contribution in [0, 0.1) is 0 Å². The number of ether oxygens (including phenoxy) is 3. The first kappa shape index (κ1) is 18.3. The molecule has 0 aromatic heterocycles. The van der Waals surface area contributed by atoms with E-state index in [1.54, 1.807) is 20.8 Å². The van der Waals surface area contributed by atoms with Crippen LogP contribution in [0.1, 0.15) is 39.2 Å². The van der Waals surface area contributed by atoms with Crippen molar-refractivity contribution in [2.75, 3.05) is 6.61 Å². The fraction of sp³-hybridized carbons (Fsp3) is 0.556. The molecule has 24 heavy (non-hydrogen) atoms. The SMILES string of the molecule is CC(C)(C)OC(=O)NC1(COC=O)CC(OCc2ccccc2)C1. The lowest BCUT2D eigenvalue weighted by atomic mass is 9.74. The molecule has 0 atom stereocenters. The van der Waals surface area contributed by atoms with Gasteiger partial charge in [0.2, 0.25) is 0 Å². The molecule has 0 aliphatic heterocycles. The summed E-state index contributed by atoms with van der Waals surface area (Å²) in [5.41, 5.74) is -0.104. The normalized spacial score (nSPS) is 23.0. The third kappa shape index (κ3) is 5.53. The maximum absolute atomic E-state index is 12.0. The minimum atomic E-state index is -0.620. The fourth-order valence-electron chi connectivity index (χ4n) is 2.69. The predicted octanol–water partition coefficient (Wildman–Crippen LogP) is 2.80. The molecule has 0 heterocycles. The van der Waals surface area contributed by atoms with Crippen LogP contribution in [0.15, 0.2) is 30.3 Å². The molecule has 1 aromatic carbocycles. The van der Waals surface area contributed by atoms with Crippen molar-refractivity contribution in [1.29, 1.82) is 0 Å². The van der Waals surface area contributed by atoms with Crippen molar-refractivity contribution in [3.05, 3.63) is 35.9 Å². The summed E-state index contributed by atoms with van der Waals surface area (Å²) < 4.78 is 16.0. The van der Waals surface area contributed by atoms with Crippen LogP contribution in [0.25, 0.3) is 0 Å². The van der Waals surface area contributed by atoms with E-state index in [4.69, 9.17) is 14.2 Å². The van der Waals surface area contributed by atoms with Gasteiger partial charge in [-0.1, -0.05) is 30.3 Å². The van der Waals surface area contributed by atoms with Crippen LogP contribution in [-0.2, 0) is 25.6 Å². The number of hydrogen-bond acceptors (Lipinski definition) is 5. The topological polar surface area (TPSA) is 73.9 Å². The zero-order valence-corrected chi connectivity index (χ0v) is 14.4. The van der Waals surface area contributed by atoms with E-state index in [-0.39, 0.29) is 12.7 Å². The maximum atomic E-state index is 12.0. The second-order valence-electron chi connectivity index (χ2n) is 7.14. The van der Waals surface area contributed by atoms with Crippen LogP contribution in [0.2, 0.25) is 0 Å². The van der Waals surface area contributed by atoms with Gasteiger partial charge < -0.3 is 19.5 Å². The lowest BCUT2D eigenvalue weighted by Crippen LogP contribution is -2.63. The number of benzene rings is 1. The van der Waals surface area contributed by atoms with Crippen LogP contribution in [0.4, 0.5) is 4.79 Å². The van der Waals surface area contributed by atoms with E-state index in [9.17, 15) is 9.59 Å². The van der Waals surface area contributed by atoms with E-state index >= 15 is 0 Å². The lowest BCUT2D eigenvalue weighted by molar-refractivity contribution is -0.137. The molecule has 1 N–H and O–H groups in total. The summed E-state index contributed by atoms with van der Waals surface area (Å²) in [5, 5.41) is 2.82. The molecule has 1 fully saturated rings. The molecule has 0 bridgehead atoms. The molecule has 6 nitrogen and oxygen atoms in total. The van der Waals surface area contributed by atoms with E-state index in [2.05, 4.69) is 5.32 Å². The van der Waals surface area contributed by atoms with Crippen molar-refractivity contribution in [3.8, 4) is 0 Å². The smallest absolute Gasteiger partial charge is 0.408 e. The van der Waals surface area contributed by atoms with E-state index < -0.39 is 17.2 Å². The molecular weight excluding hydrogens is 310 g/mol. The quantitative estimate of drug-likeness (QED) is 0.776. The summed E-state index contributed by atoms with van der Waals surface area (Å²) in [4.78, 5) is 22.5. The maximum Gasteiger partial charge on any atom is 0.408 e. The molecule has 0 unspecified atom stereocenters. The van der Waals surface area contributed by atoms with Crippen molar-refractivity contribution in [1.82, 2.24) is 5.32 Å². The Morgan fingerprint density at radius 3 is 2.54 bits per heavy atom. The molecule has 0 radical (unpaired) electrons. The Morgan fingerprint density at radius 1 is 1.29 bits per heavy atom. The average molecular weight is 335 g/mol. The largest absolute Gasteiger partial charge is 0.465 e. The monoisotopic (exact) mass is 335 g/mol. The van der Waals surface area contributed by atoms with Gasteiger partial charge in [-0.25, -0.2) is 4.79 Å². The summed E-state index contributed by atoms with van der Waals surface area (Å²) >= 11 is 0. The molecule has 1 aromatic rings. The Balaban J connectivity index is 1.85. The number of alkyl carbamates (subject to hydrolysis) is 1. The van der Waals surface area contributed by atoms with Crippen molar-refractivity contribution in [2.24, 2.45) is 0 Å². The van der Waals surface area contributed by atoms with Gasteiger partial charge in [-0.3, -0.25) is 4.79 Å². The number of carbonyl (C=O) groups is 2. The van der Waals surface area contributed by atoms with Crippen LogP contribution >= 0.6 is 0 Å². The molecule has 6 heteroatoms. The summed E-state index contributed by atoms with van der Waals surface area (Å²) in [6, 6.07) is 9.89. The van der Waals surface area contributed by atoms with Gasteiger partial charge >= 0.3 is 6.09 Å². The molecule has 1 aliphatic rings. The summed E-state index contributed by atoms with van der Waals surface area (Å²) in [5.74, 6) is 0. The highest BCUT2D eigenvalue weighted by molar-refractivity contribution is 5.69. The van der Waals surface area contributed by atoms with Crippen LogP contribution < -0.4 is 5.32 Å². The number of hydrogen-bond donors (Lipinski definition) is 1. The summed E-state index contributed by atoms with van der Waals surface area (Å²) in [7, 11) is 0. The number of amides is 1. The van der Waals surface area contributed by atoms with Crippen LogP contribution in [0.3, 0.4) is 0 Å². The van der Waals surface area contributed by atoms with Gasteiger partial charge in [0, 0.05) is 12.8 Å². The van der Waals surface area contributed by atoms with E-state index in [1.807, 2.05) is 30.3 Å². The van der Waals surface area contributed by atoms with Gasteiger partial charge in [0.1, 0.15) is 12.2 Å². The summed E-state index contributed by atoms with van der Waals surface area (Å²) in [6.07, 6.45) is 0.647. The third-order valence-electron chi connectivity index (χ3n) is 3.76. The average Bonchev–Trinajstić information content (AvgIpc) is 2.47. The molecule has 132 valence electrons. The van der Waals surface area contributed by atoms with Crippen LogP contribution in [0.5, 0.6) is 0 Å². The lowest BCUT2D eigenvalue weighted by Gasteiger charge is -2.46. The van der Waals surface area contributed by atoms with Gasteiger partial charge in [-0.05, 0) is 26.3 Å². The Labute approximate surface area is 142 Å². The first-order valence-corrected chi connectivity index (χ1v) is 8.04. The fourth-order valence-corrected chi connectivity index (χ4v) is 2.69. The molecular formula is C18H25NO5. The Hall–Kier alpha value is -2.08. The molecule has 1 saturated carbocycles. The molecule has 1 amide bonds. The van der Waals surface area contributed by atoms with Gasteiger partial charge in [-0.2, -0.15) is 0 Å². The number of rotatable bonds is 7. The number of nitrogens with one attached hydrogen (secondary N) is 1. The van der Waals surface area contributed by atoms with E-state index in [0.717, 1.165) is 5.56 Å². The van der Waals surface area contributed by atoms with Crippen LogP contribution in [-0.4, -0.2) is 36.4 Å². The Morgan fingerprint density at radius 2 is 1.96 bits per heavy atom. The molecule has 0 saturated heterocycles. The standard InChI is InChI=1S/C18H25NO5/c1-17(2,3)24-16(21)19-18(12-22-13-20)9-15(10-18)23-11-14-7-5-4-6-8-14/h4-8,13,15H,9-12H2,1-3H3,(H,19,21). The zero-order valence-electron chi connectivity index (χ0n) is 14.4. The van der Waals surface area contributed by atoms with Crippen molar-refractivity contribution >= 4 is 12.6 Å². The molecule has 2 rings (SSSR count). The van der Waals surface area contributed by atoms with Gasteiger partial charge in [0.05, 0.1) is 18.2 Å². The van der Waals surface area contributed by atoms with Crippen molar-refractivity contribution in [3.63, 3.8) is 0 Å². The van der Waals surface area contributed by atoms with Gasteiger partial charge in [0.15, 0.2) is 0 Å². The van der Waals surface area contributed by atoms with E-state index in [1.165, 1.54) is 0 Å². The van der Waals surface area contributed by atoms with Gasteiger partial charge in [-0.15, -0.1) is 0 Å². The zero-order chi connectivity index (χ0) is 17.6. The third-order valence-corrected chi connectivity index (χ3v) is 3.76. The van der Waals surface area contributed by atoms with Crippen molar-refractivity contribution < 1.29 is 23.8 Å². The summed E-state index contributed by atoms with van der Waals surface area (Å²) in [6.45, 7) is 6.41. The van der Waals surface area contributed by atoms with Crippen molar-refractivity contribution in [2.45, 2.75) is 57.5 Å². The minimum absolute atomic E-state index is 0.00962. The highest BCUT2D eigenvalue weighted by Crippen LogP contribution is 2.35. The Kier molecular flexibility index (Phi) is 5.83. The highest BCUT2D eigenvalue weighted by atomic mass is 16.6. The molecule has 0 spiro atoms. The van der Waals surface area contributed by atoms with Gasteiger partial charge in [0.25, 0.3) is 6.47 Å². The minimum Gasteiger partial charge on any atom is -0.465 e. The van der Waals surface area contributed by atoms with E-state index in [0.29, 0.717) is 25.9 Å². The highest BCUT2D eigenvalue weighted by Gasteiger charge is 2.47.